The van der Waals surface area contributed by atoms with E-state index in [1.807, 2.05) is 24.3 Å². The van der Waals surface area contributed by atoms with Crippen LogP contribution in [0.3, 0.4) is 0 Å². The molecule has 3 heteroatoms. The molecule has 164 valence electrons. The molecule has 0 fully saturated rings. The number of pyridine rings is 1. The summed E-state index contributed by atoms with van der Waals surface area (Å²) in [6.45, 7) is 6.55. The zero-order valence-electron chi connectivity index (χ0n) is 19.1. The van der Waals surface area contributed by atoms with E-state index in [0.29, 0.717) is 5.57 Å². The molecule has 1 N–H and O–H groups in total. The molecule has 2 aromatic rings. The number of unbranched alkanes of at least 4 members (excludes halogenated alkanes) is 4. The lowest BCUT2D eigenvalue weighted by Gasteiger charge is -2.41. The van der Waals surface area contributed by atoms with Crippen molar-refractivity contribution < 1.29 is 9.90 Å². The van der Waals surface area contributed by atoms with Gasteiger partial charge in [-0.25, -0.2) is 4.79 Å². The summed E-state index contributed by atoms with van der Waals surface area (Å²) in [5.74, 6) is -0.727. The van der Waals surface area contributed by atoms with Crippen molar-refractivity contribution in [3.63, 3.8) is 0 Å². The van der Waals surface area contributed by atoms with Crippen LogP contribution in [0.2, 0.25) is 0 Å². The number of aryl methyl sites for hydroxylation is 1. The third-order valence-electron chi connectivity index (χ3n) is 6.82. The number of allylic oxidation sites excluding steroid dienone is 2. The van der Waals surface area contributed by atoms with Crippen LogP contribution in [0.5, 0.6) is 0 Å². The number of carboxylic acids is 1. The smallest absolute Gasteiger partial charge is 0.335 e. The van der Waals surface area contributed by atoms with E-state index in [0.717, 1.165) is 12.1 Å². The van der Waals surface area contributed by atoms with E-state index in [9.17, 15) is 9.90 Å². The van der Waals surface area contributed by atoms with E-state index in [-0.39, 0.29) is 11.8 Å². The Bertz CT molecular complexity index is 914. The minimum Gasteiger partial charge on any atom is -0.478 e. The second kappa shape index (κ2) is 10.6. The molecule has 0 aliphatic heterocycles. The van der Waals surface area contributed by atoms with E-state index in [1.54, 1.807) is 12.3 Å². The first-order chi connectivity index (χ1) is 15.0. The van der Waals surface area contributed by atoms with Crippen LogP contribution in [0, 0.1) is 5.41 Å². The fourth-order valence-corrected chi connectivity index (χ4v) is 4.65. The summed E-state index contributed by atoms with van der Waals surface area (Å²) >= 11 is 0. The first kappa shape index (κ1) is 23.0. The molecule has 3 atom stereocenters. The number of nitrogens with zero attached hydrogens (tertiary/aromatic N) is 1. The number of hydrogen-bond donors (Lipinski definition) is 1. The van der Waals surface area contributed by atoms with Gasteiger partial charge in [-0.1, -0.05) is 95.0 Å². The standard InChI is InChI=1S/C28H35NO2/c1-4-5-6-7-8-11-22-13-15-23(16-14-22)25-18-17-24(27(30)31)20-28(25,3)21(2)26-12-9-10-19-29-26/h9-10,12-21,25H,4-8,11H2,1-3H3,(H,30,31). The highest BCUT2D eigenvalue weighted by molar-refractivity contribution is 5.90. The number of rotatable bonds is 10. The van der Waals surface area contributed by atoms with Crippen molar-refractivity contribution in [2.45, 2.75) is 71.1 Å². The van der Waals surface area contributed by atoms with Crippen molar-refractivity contribution in [2.75, 3.05) is 0 Å². The predicted molar refractivity (Wildman–Crippen MR) is 127 cm³/mol. The zero-order chi connectivity index (χ0) is 22.3. The van der Waals surface area contributed by atoms with Crippen molar-refractivity contribution in [3.05, 3.63) is 89.3 Å². The van der Waals surface area contributed by atoms with Gasteiger partial charge >= 0.3 is 5.97 Å². The molecule has 0 radical (unpaired) electrons. The van der Waals surface area contributed by atoms with Crippen LogP contribution in [-0.2, 0) is 11.2 Å². The lowest BCUT2D eigenvalue weighted by molar-refractivity contribution is -0.132. The topological polar surface area (TPSA) is 50.2 Å². The second-order valence-corrected chi connectivity index (χ2v) is 8.99. The van der Waals surface area contributed by atoms with Crippen LogP contribution in [-0.4, -0.2) is 16.1 Å². The monoisotopic (exact) mass is 417 g/mol. The van der Waals surface area contributed by atoms with E-state index in [4.69, 9.17) is 0 Å². The number of hydrogen-bond acceptors (Lipinski definition) is 2. The van der Waals surface area contributed by atoms with Crippen molar-refractivity contribution in [1.82, 2.24) is 4.98 Å². The van der Waals surface area contributed by atoms with Crippen LogP contribution < -0.4 is 0 Å². The lowest BCUT2D eigenvalue weighted by atomic mass is 9.62. The van der Waals surface area contributed by atoms with Gasteiger partial charge in [0.2, 0.25) is 0 Å². The van der Waals surface area contributed by atoms with E-state index < -0.39 is 11.4 Å². The minimum absolute atomic E-state index is 0.0660. The molecule has 0 spiro atoms. The number of carbonyl (C=O) groups is 1. The number of benzene rings is 1. The lowest BCUT2D eigenvalue weighted by Crippen LogP contribution is -2.32. The Morgan fingerprint density at radius 2 is 1.84 bits per heavy atom. The molecule has 0 saturated carbocycles. The highest BCUT2D eigenvalue weighted by Gasteiger charge is 2.41. The molecule has 31 heavy (non-hydrogen) atoms. The van der Waals surface area contributed by atoms with Gasteiger partial charge in [-0.05, 0) is 36.1 Å². The first-order valence-electron chi connectivity index (χ1n) is 11.6. The third kappa shape index (κ3) is 5.52. The number of aliphatic carboxylic acids is 1. The molecule has 1 aliphatic carbocycles. The van der Waals surface area contributed by atoms with Crippen LogP contribution in [0.1, 0.15) is 81.5 Å². The summed E-state index contributed by atoms with van der Waals surface area (Å²) in [7, 11) is 0. The summed E-state index contributed by atoms with van der Waals surface area (Å²) in [6, 6.07) is 14.9. The van der Waals surface area contributed by atoms with E-state index in [2.05, 4.69) is 56.1 Å². The van der Waals surface area contributed by atoms with Crippen molar-refractivity contribution in [3.8, 4) is 0 Å². The molecule has 0 amide bonds. The Balaban J connectivity index is 1.83. The Kier molecular flexibility index (Phi) is 7.84. The summed E-state index contributed by atoms with van der Waals surface area (Å²) in [5.41, 5.74) is 3.54. The maximum atomic E-state index is 11.7. The van der Waals surface area contributed by atoms with Gasteiger partial charge in [0, 0.05) is 29.1 Å². The van der Waals surface area contributed by atoms with Gasteiger partial charge in [-0.15, -0.1) is 0 Å². The normalized spacial score (nSPS) is 21.5. The molecule has 3 rings (SSSR count). The Labute approximate surface area is 186 Å². The van der Waals surface area contributed by atoms with Crippen LogP contribution in [0.15, 0.2) is 72.5 Å². The highest BCUT2D eigenvalue weighted by Crippen LogP contribution is 2.50. The highest BCUT2D eigenvalue weighted by atomic mass is 16.4. The molecule has 1 aliphatic rings. The maximum Gasteiger partial charge on any atom is 0.335 e. The fourth-order valence-electron chi connectivity index (χ4n) is 4.65. The van der Waals surface area contributed by atoms with E-state index >= 15 is 0 Å². The fraction of sp³-hybridized carbons (Fsp3) is 0.429. The molecular formula is C28H35NO2. The molecule has 3 nitrogen and oxygen atoms in total. The van der Waals surface area contributed by atoms with Gasteiger partial charge in [-0.3, -0.25) is 4.98 Å². The van der Waals surface area contributed by atoms with Gasteiger partial charge in [0.05, 0.1) is 5.57 Å². The molecule has 3 unspecified atom stereocenters. The largest absolute Gasteiger partial charge is 0.478 e. The minimum atomic E-state index is -0.882. The SMILES string of the molecule is CCCCCCCc1ccc(C2C=CC(C(=O)O)=CC2(C)C(C)c2ccccn2)cc1. The first-order valence-corrected chi connectivity index (χ1v) is 11.6. The van der Waals surface area contributed by atoms with Gasteiger partial charge < -0.3 is 5.11 Å². The van der Waals surface area contributed by atoms with Crippen molar-refractivity contribution in [1.29, 1.82) is 0 Å². The molecule has 1 aromatic carbocycles. The van der Waals surface area contributed by atoms with Gasteiger partial charge in [-0.2, -0.15) is 0 Å². The summed E-state index contributed by atoms with van der Waals surface area (Å²) < 4.78 is 0. The predicted octanol–water partition coefficient (Wildman–Crippen LogP) is 7.07. The third-order valence-corrected chi connectivity index (χ3v) is 6.82. The Morgan fingerprint density at radius 3 is 2.48 bits per heavy atom. The van der Waals surface area contributed by atoms with Gasteiger partial charge in [0.1, 0.15) is 0 Å². The summed E-state index contributed by atoms with van der Waals surface area (Å²) in [6.07, 6.45) is 15.1. The molecule has 1 heterocycles. The van der Waals surface area contributed by atoms with Crippen molar-refractivity contribution >= 4 is 5.97 Å². The van der Waals surface area contributed by atoms with Gasteiger partial charge in [0.25, 0.3) is 0 Å². The second-order valence-electron chi connectivity index (χ2n) is 8.99. The number of aromatic nitrogens is 1. The van der Waals surface area contributed by atoms with Gasteiger partial charge in [0.15, 0.2) is 0 Å². The average molecular weight is 418 g/mol. The van der Waals surface area contributed by atoms with E-state index in [1.165, 1.54) is 43.2 Å². The zero-order valence-corrected chi connectivity index (χ0v) is 19.1. The summed E-state index contributed by atoms with van der Waals surface area (Å²) in [4.78, 5) is 16.3. The Morgan fingerprint density at radius 1 is 1.10 bits per heavy atom. The van der Waals surface area contributed by atoms with Crippen LogP contribution in [0.4, 0.5) is 0 Å². The molecular weight excluding hydrogens is 382 g/mol. The Hall–Kier alpha value is -2.68. The quantitative estimate of drug-likeness (QED) is 0.421. The number of carboxylic acid groups (broad SMARTS) is 1. The van der Waals surface area contributed by atoms with Crippen LogP contribution in [0.25, 0.3) is 0 Å². The van der Waals surface area contributed by atoms with Crippen LogP contribution >= 0.6 is 0 Å². The maximum absolute atomic E-state index is 11.7. The average Bonchev–Trinajstić information content (AvgIpc) is 2.79. The molecule has 0 bridgehead atoms. The molecule has 0 saturated heterocycles. The summed E-state index contributed by atoms with van der Waals surface area (Å²) in [5, 5.41) is 9.62. The van der Waals surface area contributed by atoms with Crippen molar-refractivity contribution in [2.24, 2.45) is 5.41 Å². The molecule has 1 aromatic heterocycles.